The van der Waals surface area contributed by atoms with Crippen molar-refractivity contribution in [2.75, 3.05) is 0 Å². The molecule has 1 aromatic carbocycles. The van der Waals surface area contributed by atoms with Gasteiger partial charge in [0.15, 0.2) is 0 Å². The molecule has 0 aliphatic heterocycles. The van der Waals surface area contributed by atoms with E-state index in [1.807, 2.05) is 0 Å². The summed E-state index contributed by atoms with van der Waals surface area (Å²) in [6, 6.07) is 2.50. The molecule has 2 atom stereocenters. The molecule has 0 fully saturated rings. The van der Waals surface area contributed by atoms with Crippen LogP contribution in [0.15, 0.2) is 27.3 Å². The number of hydrogen-bond donors (Lipinski definition) is 2. The Morgan fingerprint density at radius 1 is 1.23 bits per heavy atom. The summed E-state index contributed by atoms with van der Waals surface area (Å²) in [6.07, 6.45) is -0.180. The number of rotatable bonds is 4. The highest BCUT2D eigenvalue weighted by atomic mass is 79.9. The topological polar surface area (TPSA) is 71.5 Å². The molecule has 0 saturated heterocycles. The van der Waals surface area contributed by atoms with Gasteiger partial charge in [0.05, 0.1) is 17.8 Å². The minimum atomic E-state index is -0.727. The Balaban J connectivity index is 2.00. The van der Waals surface area contributed by atoms with E-state index in [1.165, 1.54) is 12.1 Å². The number of nitrogens with one attached hydrogen (secondary N) is 1. The number of aliphatic hydroxyl groups excluding tert-OH is 1. The van der Waals surface area contributed by atoms with Crippen LogP contribution in [0.4, 0.5) is 13.6 Å². The molecule has 162 valence electrons. The quantitative estimate of drug-likeness (QED) is 0.519. The maximum Gasteiger partial charge on any atom is 0.408 e. The third kappa shape index (κ3) is 5.56. The van der Waals surface area contributed by atoms with Crippen molar-refractivity contribution in [3.8, 4) is 0 Å². The van der Waals surface area contributed by atoms with Gasteiger partial charge in [-0.2, -0.15) is 0 Å². The molecule has 2 N–H and O–H groups in total. The molecule has 0 saturated carbocycles. The van der Waals surface area contributed by atoms with Crippen molar-refractivity contribution < 1.29 is 23.4 Å². The van der Waals surface area contributed by atoms with Crippen LogP contribution in [0, 0.1) is 11.6 Å². The Kier molecular flexibility index (Phi) is 6.84. The number of alkyl carbamates (subject to hydrolysis) is 1. The average Bonchev–Trinajstić information content (AvgIpc) is 2.97. The Morgan fingerprint density at radius 3 is 2.43 bits per heavy atom. The number of nitrogens with zero attached hydrogens (tertiary/aromatic N) is 1. The Labute approximate surface area is 190 Å². The lowest BCUT2D eigenvalue weighted by atomic mass is 10.0. The number of benzene rings is 1. The second-order valence-corrected chi connectivity index (χ2v) is 9.85. The van der Waals surface area contributed by atoms with Gasteiger partial charge in [-0.15, -0.1) is 0 Å². The molecule has 30 heavy (non-hydrogen) atoms. The van der Waals surface area contributed by atoms with E-state index in [0.717, 1.165) is 17.2 Å². The van der Waals surface area contributed by atoms with Crippen molar-refractivity contribution in [3.05, 3.63) is 61.3 Å². The average molecular weight is 548 g/mol. The largest absolute Gasteiger partial charge is 0.444 e. The molecule has 0 radical (unpaired) electrons. The van der Waals surface area contributed by atoms with Gasteiger partial charge in [-0.3, -0.25) is 0 Å². The zero-order chi connectivity index (χ0) is 22.2. The van der Waals surface area contributed by atoms with Gasteiger partial charge in [0.1, 0.15) is 21.8 Å². The van der Waals surface area contributed by atoms with Crippen LogP contribution in [0.2, 0.25) is 0 Å². The normalized spacial score (nSPS) is 16.9. The number of pyridine rings is 1. The molecular weight excluding hydrogens is 526 g/mol. The fraction of sp³-hybridized carbons (Fsp3) is 0.429. The fourth-order valence-corrected chi connectivity index (χ4v) is 4.82. The van der Waals surface area contributed by atoms with Gasteiger partial charge in [-0.05, 0) is 87.9 Å². The molecule has 1 aliphatic rings. The van der Waals surface area contributed by atoms with Crippen LogP contribution in [0.3, 0.4) is 0 Å². The van der Waals surface area contributed by atoms with Gasteiger partial charge in [0, 0.05) is 23.4 Å². The highest BCUT2D eigenvalue weighted by Crippen LogP contribution is 2.38. The first-order valence-electron chi connectivity index (χ1n) is 9.42. The minimum absolute atomic E-state index is 0.0906. The van der Waals surface area contributed by atoms with E-state index in [9.17, 15) is 18.7 Å². The van der Waals surface area contributed by atoms with Crippen LogP contribution in [-0.4, -0.2) is 27.9 Å². The van der Waals surface area contributed by atoms with E-state index < -0.39 is 35.5 Å². The van der Waals surface area contributed by atoms with E-state index in [-0.39, 0.29) is 6.42 Å². The second-order valence-electron chi connectivity index (χ2n) is 8.30. The van der Waals surface area contributed by atoms with Gasteiger partial charge < -0.3 is 15.2 Å². The van der Waals surface area contributed by atoms with E-state index in [0.29, 0.717) is 33.2 Å². The number of amides is 1. The lowest BCUT2D eigenvalue weighted by Crippen LogP contribution is -2.36. The number of aliphatic hydroxyl groups is 1. The third-order valence-electron chi connectivity index (χ3n) is 4.58. The van der Waals surface area contributed by atoms with Crippen molar-refractivity contribution >= 4 is 38.0 Å². The van der Waals surface area contributed by atoms with Crippen molar-refractivity contribution in [1.29, 1.82) is 0 Å². The van der Waals surface area contributed by atoms with Crippen LogP contribution in [0.1, 0.15) is 49.2 Å². The van der Waals surface area contributed by atoms with Crippen LogP contribution in [0.25, 0.3) is 0 Å². The van der Waals surface area contributed by atoms with E-state index >= 15 is 0 Å². The van der Waals surface area contributed by atoms with Gasteiger partial charge >= 0.3 is 6.09 Å². The highest BCUT2D eigenvalue weighted by Gasteiger charge is 2.31. The summed E-state index contributed by atoms with van der Waals surface area (Å²) in [6.45, 7) is 5.22. The van der Waals surface area contributed by atoms with Gasteiger partial charge in [-0.1, -0.05) is 0 Å². The van der Waals surface area contributed by atoms with Crippen LogP contribution < -0.4 is 5.32 Å². The molecule has 2 unspecified atom stereocenters. The first-order chi connectivity index (χ1) is 13.9. The molecule has 9 heteroatoms. The van der Waals surface area contributed by atoms with Crippen molar-refractivity contribution in [3.63, 3.8) is 0 Å². The predicted octanol–water partition coefficient (Wildman–Crippen LogP) is 5.15. The Hall–Kier alpha value is -1.58. The first kappa shape index (κ1) is 23.1. The van der Waals surface area contributed by atoms with E-state index in [4.69, 9.17) is 4.74 Å². The molecule has 0 bridgehead atoms. The monoisotopic (exact) mass is 546 g/mol. The standard InChI is InChI=1S/C21H22Br2F2N2O3/c1-21(2,3)30-20(29)26-16(6-10-4-11(24)7-12(25)5-10)18-17(22)14-8-13(28)9-15(14)19(23)27-18/h4-5,7,13,16,28H,6,8-9H2,1-3H3,(H,26,29). The molecule has 1 heterocycles. The van der Waals surface area contributed by atoms with Crippen molar-refractivity contribution in [2.24, 2.45) is 0 Å². The lowest BCUT2D eigenvalue weighted by Gasteiger charge is -2.25. The maximum absolute atomic E-state index is 13.7. The van der Waals surface area contributed by atoms with Crippen molar-refractivity contribution in [2.45, 2.75) is 57.8 Å². The summed E-state index contributed by atoms with van der Waals surface area (Å²) in [7, 11) is 0. The molecule has 2 aromatic rings. The molecule has 5 nitrogen and oxygen atoms in total. The number of carbonyl (C=O) groups is 1. The van der Waals surface area contributed by atoms with Crippen LogP contribution in [-0.2, 0) is 24.0 Å². The number of halogens is 4. The highest BCUT2D eigenvalue weighted by molar-refractivity contribution is 9.11. The SMILES string of the molecule is CC(C)(C)OC(=O)NC(Cc1cc(F)cc(F)c1)c1nc(Br)c2c(c1Br)CC(O)C2. The molecule has 1 aromatic heterocycles. The summed E-state index contributed by atoms with van der Waals surface area (Å²) in [5, 5.41) is 12.8. The number of fused-ring (bicyclic) bond motifs is 1. The summed E-state index contributed by atoms with van der Waals surface area (Å²) in [5.74, 6) is -1.41. The zero-order valence-electron chi connectivity index (χ0n) is 16.7. The lowest BCUT2D eigenvalue weighted by molar-refractivity contribution is 0.0502. The second kappa shape index (κ2) is 8.88. The number of ether oxygens (including phenoxy) is 1. The molecule has 1 amide bonds. The maximum atomic E-state index is 13.7. The first-order valence-corrected chi connectivity index (χ1v) is 11.0. The number of carbonyl (C=O) groups excluding carboxylic acids is 1. The predicted molar refractivity (Wildman–Crippen MR) is 115 cm³/mol. The van der Waals surface area contributed by atoms with Crippen LogP contribution >= 0.6 is 31.9 Å². The van der Waals surface area contributed by atoms with Gasteiger partial charge in [0.25, 0.3) is 0 Å². The summed E-state index contributed by atoms with van der Waals surface area (Å²) < 4.78 is 34.0. The summed E-state index contributed by atoms with van der Waals surface area (Å²) >= 11 is 7.00. The van der Waals surface area contributed by atoms with E-state index in [2.05, 4.69) is 42.2 Å². The zero-order valence-corrected chi connectivity index (χ0v) is 19.9. The van der Waals surface area contributed by atoms with Gasteiger partial charge in [-0.25, -0.2) is 18.6 Å². The third-order valence-corrected chi connectivity index (χ3v) is 6.13. The Morgan fingerprint density at radius 2 is 1.83 bits per heavy atom. The van der Waals surface area contributed by atoms with Crippen LogP contribution in [0.5, 0.6) is 0 Å². The Bertz CT molecular complexity index is 959. The van der Waals surface area contributed by atoms with E-state index in [1.54, 1.807) is 20.8 Å². The number of hydrogen-bond acceptors (Lipinski definition) is 4. The fourth-order valence-electron chi connectivity index (χ4n) is 3.46. The molecule has 0 spiro atoms. The summed E-state index contributed by atoms with van der Waals surface area (Å²) in [4.78, 5) is 17.0. The molecule has 3 rings (SSSR count). The number of aromatic nitrogens is 1. The summed E-state index contributed by atoms with van der Waals surface area (Å²) in [5.41, 5.74) is 1.91. The minimum Gasteiger partial charge on any atom is -0.444 e. The van der Waals surface area contributed by atoms with Gasteiger partial charge in [0.2, 0.25) is 0 Å². The van der Waals surface area contributed by atoms with Crippen molar-refractivity contribution in [1.82, 2.24) is 10.3 Å². The molecule has 1 aliphatic carbocycles. The smallest absolute Gasteiger partial charge is 0.408 e. The molecular formula is C21H22Br2F2N2O3.